The normalized spacial score (nSPS) is 20.1. The number of benzene rings is 1. The Labute approximate surface area is 160 Å². The molecule has 10 heteroatoms. The third-order valence-corrected chi connectivity index (χ3v) is 4.85. The molecule has 1 fully saturated rings. The van der Waals surface area contributed by atoms with E-state index in [0.717, 1.165) is 31.7 Å². The Morgan fingerprint density at radius 3 is 2.52 bits per heavy atom. The maximum absolute atomic E-state index is 13.3. The van der Waals surface area contributed by atoms with Crippen LogP contribution < -0.4 is 16.4 Å². The third kappa shape index (κ3) is 5.26. The molecule has 1 aromatic carbocycles. The second kappa shape index (κ2) is 8.79. The van der Waals surface area contributed by atoms with Crippen molar-refractivity contribution in [2.24, 2.45) is 5.92 Å². The highest BCUT2D eigenvalue weighted by atomic mass is 35.5. The molecule has 1 saturated carbocycles. The lowest BCUT2D eigenvalue weighted by atomic mass is 9.86. The summed E-state index contributed by atoms with van der Waals surface area (Å²) < 4.78 is 44.7. The smallest absolute Gasteiger partial charge is 0.388 e. The monoisotopic (exact) mass is 406 g/mol. The summed E-state index contributed by atoms with van der Waals surface area (Å²) in [5.74, 6) is -0.468. The quantitative estimate of drug-likeness (QED) is 0.705. The zero-order valence-electron chi connectivity index (χ0n) is 14.7. The molecule has 0 bridgehead atoms. The van der Waals surface area contributed by atoms with Crippen LogP contribution in [-0.2, 0) is 6.18 Å². The minimum Gasteiger partial charge on any atom is -0.388 e. The maximum Gasteiger partial charge on any atom is 0.434 e. The van der Waals surface area contributed by atoms with Crippen LogP contribution in [0.3, 0.4) is 0 Å². The van der Waals surface area contributed by atoms with Gasteiger partial charge in [0.25, 0.3) is 0 Å². The van der Waals surface area contributed by atoms with Gasteiger partial charge in [0.15, 0.2) is 0 Å². The number of halogens is 4. The van der Waals surface area contributed by atoms with Crippen molar-refractivity contribution in [3.05, 3.63) is 34.3 Å². The Hall–Kier alpha value is -2.00. The van der Waals surface area contributed by atoms with Gasteiger partial charge < -0.3 is 15.1 Å². The largest absolute Gasteiger partial charge is 0.434 e. The van der Waals surface area contributed by atoms with E-state index in [1.165, 1.54) is 12.1 Å². The molecular weight excluding hydrogens is 385 g/mol. The van der Waals surface area contributed by atoms with Crippen molar-refractivity contribution in [3.8, 4) is 11.5 Å². The van der Waals surface area contributed by atoms with Gasteiger partial charge in [0.1, 0.15) is 0 Å². The van der Waals surface area contributed by atoms with Gasteiger partial charge in [0.05, 0.1) is 5.56 Å². The average Bonchev–Trinajstić information content (AvgIpc) is 3.06. The van der Waals surface area contributed by atoms with Crippen LogP contribution in [-0.4, -0.2) is 29.8 Å². The highest BCUT2D eigenvalue weighted by Crippen LogP contribution is 2.37. The van der Waals surface area contributed by atoms with Crippen LogP contribution in [0.1, 0.15) is 31.2 Å². The summed E-state index contributed by atoms with van der Waals surface area (Å²) in [5.41, 5.74) is -0.475. The fourth-order valence-electron chi connectivity index (χ4n) is 3.33. The molecule has 1 aliphatic carbocycles. The Balaban J connectivity index is 0.00000261. The fourth-order valence-corrected chi connectivity index (χ4v) is 3.33. The second-order valence-electron chi connectivity index (χ2n) is 6.56. The summed E-state index contributed by atoms with van der Waals surface area (Å²) in [5, 5.41) is 12.0. The summed E-state index contributed by atoms with van der Waals surface area (Å²) in [7, 11) is 1.93. The molecule has 0 atom stereocenters. The number of hydrogen-bond donors (Lipinski definition) is 3. The van der Waals surface area contributed by atoms with Crippen LogP contribution in [0.2, 0.25) is 0 Å². The van der Waals surface area contributed by atoms with E-state index >= 15 is 0 Å². The summed E-state index contributed by atoms with van der Waals surface area (Å²) in [6, 6.07) is 4.03. The molecule has 150 valence electrons. The van der Waals surface area contributed by atoms with Gasteiger partial charge in [-0.15, -0.1) is 17.5 Å². The Bertz CT molecular complexity index is 798. The number of nitrogens with one attached hydrogen (secondary N) is 3. The summed E-state index contributed by atoms with van der Waals surface area (Å²) >= 11 is 0. The van der Waals surface area contributed by atoms with Crippen molar-refractivity contribution in [1.82, 2.24) is 15.5 Å². The van der Waals surface area contributed by atoms with E-state index in [2.05, 4.69) is 20.8 Å². The van der Waals surface area contributed by atoms with Crippen LogP contribution in [0.4, 0.5) is 18.9 Å². The summed E-state index contributed by atoms with van der Waals surface area (Å²) in [6.45, 7) is 0.466. The van der Waals surface area contributed by atoms with Crippen molar-refractivity contribution >= 4 is 18.1 Å². The molecule has 0 aliphatic heterocycles. The van der Waals surface area contributed by atoms with Crippen molar-refractivity contribution in [2.75, 3.05) is 18.9 Å². The molecule has 6 nitrogen and oxygen atoms in total. The molecule has 3 N–H and O–H groups in total. The number of rotatable bonds is 5. The number of anilines is 1. The van der Waals surface area contributed by atoms with Gasteiger partial charge in [-0.25, -0.2) is 9.89 Å². The highest BCUT2D eigenvalue weighted by molar-refractivity contribution is 5.85. The van der Waals surface area contributed by atoms with E-state index in [0.29, 0.717) is 24.1 Å². The summed E-state index contributed by atoms with van der Waals surface area (Å²) in [4.78, 5) is 11.1. The first kappa shape index (κ1) is 21.3. The van der Waals surface area contributed by atoms with E-state index in [1.807, 2.05) is 7.05 Å². The maximum atomic E-state index is 13.3. The molecule has 0 spiro atoms. The van der Waals surface area contributed by atoms with Gasteiger partial charge in [0, 0.05) is 23.8 Å². The standard InChI is InChI=1S/C17H21F3N4O2.ClH/c1-21-12-5-2-10(3-6-12)9-22-14-8-11(15-23-24-16(25)26-15)4-7-13(14)17(18,19)20;/h4,7-8,10,12,21-22H,2-3,5-6,9H2,1H3,(H,24,25);1H. The first-order valence-electron chi connectivity index (χ1n) is 8.55. The Morgan fingerprint density at radius 2 is 1.96 bits per heavy atom. The van der Waals surface area contributed by atoms with Crippen molar-refractivity contribution in [3.63, 3.8) is 0 Å². The highest BCUT2D eigenvalue weighted by Gasteiger charge is 2.34. The predicted molar refractivity (Wildman–Crippen MR) is 98.1 cm³/mol. The van der Waals surface area contributed by atoms with Gasteiger partial charge in [-0.2, -0.15) is 13.2 Å². The van der Waals surface area contributed by atoms with Gasteiger partial charge in [0.2, 0.25) is 5.89 Å². The minimum atomic E-state index is -4.48. The number of alkyl halides is 3. The van der Waals surface area contributed by atoms with E-state index in [-0.39, 0.29) is 24.0 Å². The number of H-pyrrole nitrogens is 1. The molecule has 27 heavy (non-hydrogen) atoms. The van der Waals surface area contributed by atoms with Crippen LogP contribution in [0.25, 0.3) is 11.5 Å². The molecular formula is C17H22ClF3N4O2. The fraction of sp³-hybridized carbons (Fsp3) is 0.529. The molecule has 0 amide bonds. The Morgan fingerprint density at radius 1 is 1.26 bits per heavy atom. The van der Waals surface area contributed by atoms with E-state index in [1.54, 1.807) is 0 Å². The lowest BCUT2D eigenvalue weighted by Gasteiger charge is -2.29. The van der Waals surface area contributed by atoms with Crippen LogP contribution in [0.5, 0.6) is 0 Å². The molecule has 1 aliphatic rings. The number of aromatic nitrogens is 2. The number of nitrogens with zero attached hydrogens (tertiary/aromatic N) is 1. The van der Waals surface area contributed by atoms with Crippen LogP contribution >= 0.6 is 12.4 Å². The topological polar surface area (TPSA) is 83.0 Å². The van der Waals surface area contributed by atoms with Gasteiger partial charge in [-0.1, -0.05) is 0 Å². The SMILES string of the molecule is CNC1CCC(CNc2cc(-c3n[nH]c(=O)o3)ccc2C(F)(F)F)CC1.Cl. The third-order valence-electron chi connectivity index (χ3n) is 4.85. The lowest BCUT2D eigenvalue weighted by molar-refractivity contribution is -0.136. The van der Waals surface area contributed by atoms with E-state index in [4.69, 9.17) is 4.42 Å². The predicted octanol–water partition coefficient (Wildman–Crippen LogP) is 3.66. The van der Waals surface area contributed by atoms with Gasteiger partial charge in [-0.3, -0.25) is 0 Å². The Kier molecular flexibility index (Phi) is 6.94. The molecule has 0 radical (unpaired) electrons. The van der Waals surface area contributed by atoms with Gasteiger partial charge in [-0.05, 0) is 56.8 Å². The average molecular weight is 407 g/mol. The number of aromatic amines is 1. The van der Waals surface area contributed by atoms with E-state index < -0.39 is 17.5 Å². The molecule has 3 rings (SSSR count). The molecule has 1 heterocycles. The van der Waals surface area contributed by atoms with Crippen molar-refractivity contribution < 1.29 is 17.6 Å². The lowest BCUT2D eigenvalue weighted by Crippen LogP contribution is -2.32. The van der Waals surface area contributed by atoms with Crippen molar-refractivity contribution in [1.29, 1.82) is 0 Å². The first-order valence-corrected chi connectivity index (χ1v) is 8.55. The summed E-state index contributed by atoms with van der Waals surface area (Å²) in [6.07, 6.45) is -0.500. The second-order valence-corrected chi connectivity index (χ2v) is 6.56. The minimum absolute atomic E-state index is 0. The van der Waals surface area contributed by atoms with E-state index in [9.17, 15) is 18.0 Å². The van der Waals surface area contributed by atoms with Crippen LogP contribution in [0.15, 0.2) is 27.4 Å². The zero-order valence-corrected chi connectivity index (χ0v) is 15.5. The number of hydrogen-bond acceptors (Lipinski definition) is 5. The van der Waals surface area contributed by atoms with Crippen molar-refractivity contribution in [2.45, 2.75) is 37.9 Å². The molecule has 2 aromatic rings. The van der Waals surface area contributed by atoms with Crippen LogP contribution in [0, 0.1) is 5.92 Å². The van der Waals surface area contributed by atoms with Gasteiger partial charge >= 0.3 is 11.9 Å². The molecule has 0 unspecified atom stereocenters. The molecule has 0 saturated heterocycles. The molecule has 1 aromatic heterocycles. The first-order chi connectivity index (χ1) is 12.4. The zero-order chi connectivity index (χ0) is 18.7.